The van der Waals surface area contributed by atoms with Gasteiger partial charge in [0.05, 0.1) is 10.6 Å². The highest BCUT2D eigenvalue weighted by atomic mass is 35.5. The number of benzene rings is 2. The van der Waals surface area contributed by atoms with Crippen LogP contribution in [-0.4, -0.2) is 19.4 Å². The summed E-state index contributed by atoms with van der Waals surface area (Å²) in [6, 6.07) is 13.9. The number of carbonyl (C=O) groups excluding carboxylic acids is 1. The van der Waals surface area contributed by atoms with E-state index in [1.165, 1.54) is 30.3 Å². The lowest BCUT2D eigenvalue weighted by Gasteiger charge is -2.08. The lowest BCUT2D eigenvalue weighted by molar-refractivity contribution is -0.114. The monoisotopic (exact) mass is 352 g/mol. The quantitative estimate of drug-likeness (QED) is 0.255. The Labute approximate surface area is 138 Å². The molecule has 0 saturated carbocycles. The van der Waals surface area contributed by atoms with Crippen LogP contribution in [0.4, 0.5) is 5.69 Å². The second kappa shape index (κ2) is 7.23. The number of carbonyl (C=O) groups is 1. The molecule has 1 amide bonds. The second-order valence-corrected chi connectivity index (χ2v) is 6.63. The highest BCUT2D eigenvalue weighted by Crippen LogP contribution is 2.16. The average Bonchev–Trinajstić information content (AvgIpc) is 2.55. The van der Waals surface area contributed by atoms with Crippen LogP contribution in [0, 0.1) is 0 Å². The van der Waals surface area contributed by atoms with Gasteiger partial charge in [-0.2, -0.15) is 5.10 Å². The van der Waals surface area contributed by atoms with Crippen molar-refractivity contribution in [2.45, 2.75) is 4.90 Å². The van der Waals surface area contributed by atoms with Crippen molar-refractivity contribution in [1.82, 2.24) is 5.43 Å². The molecule has 0 bridgehead atoms. The van der Waals surface area contributed by atoms with Gasteiger partial charge in [0.25, 0.3) is 5.91 Å². The molecule has 0 aliphatic carbocycles. The van der Waals surface area contributed by atoms with Crippen LogP contribution < -0.4 is 16.7 Å². The van der Waals surface area contributed by atoms with Gasteiger partial charge in [0.1, 0.15) is 0 Å². The van der Waals surface area contributed by atoms with Gasteiger partial charge in [-0.15, -0.1) is 0 Å². The minimum Gasteiger partial charge on any atom is -0.288 e. The van der Waals surface area contributed by atoms with E-state index < -0.39 is 20.8 Å². The van der Waals surface area contributed by atoms with Gasteiger partial charge in [-0.25, -0.2) is 14.3 Å². The zero-order valence-electron chi connectivity index (χ0n) is 11.7. The van der Waals surface area contributed by atoms with Gasteiger partial charge in [0, 0.05) is 5.02 Å². The zero-order valence-corrected chi connectivity index (χ0v) is 13.3. The third kappa shape index (κ3) is 4.07. The Morgan fingerprint density at radius 2 is 1.78 bits per heavy atom. The number of nitrogens with zero attached hydrogens (tertiary/aromatic N) is 1. The summed E-state index contributed by atoms with van der Waals surface area (Å²) >= 11 is 5.83. The van der Waals surface area contributed by atoms with Crippen LogP contribution in [0.5, 0.6) is 0 Å². The molecular weight excluding hydrogens is 340 g/mol. The molecule has 0 radical (unpaired) electrons. The van der Waals surface area contributed by atoms with Gasteiger partial charge in [-0.3, -0.25) is 15.6 Å². The minimum atomic E-state index is -4.13. The first-order chi connectivity index (χ1) is 10.9. The molecule has 0 aliphatic rings. The molecule has 9 heteroatoms. The van der Waals surface area contributed by atoms with Crippen molar-refractivity contribution in [3.05, 3.63) is 59.6 Å². The summed E-state index contributed by atoms with van der Waals surface area (Å²) in [4.78, 5) is 11.7. The van der Waals surface area contributed by atoms with Crippen LogP contribution >= 0.6 is 11.6 Å². The van der Waals surface area contributed by atoms with Crippen molar-refractivity contribution < 1.29 is 13.2 Å². The van der Waals surface area contributed by atoms with Crippen molar-refractivity contribution in [3.63, 3.8) is 0 Å². The first-order valence-corrected chi connectivity index (χ1v) is 8.21. The lowest BCUT2D eigenvalue weighted by atomic mass is 10.3. The average molecular weight is 353 g/mol. The molecule has 2 aromatic carbocycles. The fourth-order valence-electron chi connectivity index (χ4n) is 1.68. The molecule has 7 nitrogen and oxygen atoms in total. The number of halogens is 1. The summed E-state index contributed by atoms with van der Waals surface area (Å²) in [6.45, 7) is 0. The van der Waals surface area contributed by atoms with E-state index >= 15 is 0 Å². The Kier molecular flexibility index (Phi) is 5.32. The van der Waals surface area contributed by atoms with E-state index in [4.69, 9.17) is 17.4 Å². The largest absolute Gasteiger partial charge is 0.297 e. The van der Waals surface area contributed by atoms with Gasteiger partial charge in [-0.1, -0.05) is 35.9 Å². The van der Waals surface area contributed by atoms with Crippen LogP contribution in [0.15, 0.2) is 64.6 Å². The number of rotatable bonds is 3. The van der Waals surface area contributed by atoms with E-state index in [1.54, 1.807) is 29.7 Å². The normalized spacial score (nSPS) is 11.8. The molecule has 2 aromatic rings. The van der Waals surface area contributed by atoms with Crippen LogP contribution in [0.2, 0.25) is 5.02 Å². The highest BCUT2D eigenvalue weighted by Gasteiger charge is 2.29. The third-order valence-corrected chi connectivity index (χ3v) is 4.66. The predicted octanol–water partition coefficient (Wildman–Crippen LogP) is 1.53. The van der Waals surface area contributed by atoms with Crippen molar-refractivity contribution in [2.75, 3.05) is 5.43 Å². The smallest absolute Gasteiger partial charge is 0.288 e. The molecule has 0 aliphatic heterocycles. The number of hydrazine groups is 1. The van der Waals surface area contributed by atoms with E-state index in [0.29, 0.717) is 10.7 Å². The Morgan fingerprint density at radius 3 is 2.39 bits per heavy atom. The van der Waals surface area contributed by atoms with E-state index in [0.717, 1.165) is 0 Å². The Morgan fingerprint density at radius 1 is 1.09 bits per heavy atom. The first-order valence-electron chi connectivity index (χ1n) is 6.35. The van der Waals surface area contributed by atoms with Gasteiger partial charge >= 0.3 is 0 Å². The van der Waals surface area contributed by atoms with Crippen LogP contribution in [0.3, 0.4) is 0 Å². The van der Waals surface area contributed by atoms with Crippen molar-refractivity contribution in [1.29, 1.82) is 0 Å². The molecule has 0 heterocycles. The molecule has 4 N–H and O–H groups in total. The lowest BCUT2D eigenvalue weighted by Crippen LogP contribution is -2.40. The maximum atomic E-state index is 12.5. The molecule has 0 spiro atoms. The molecule has 0 fully saturated rings. The second-order valence-electron chi connectivity index (χ2n) is 4.33. The Bertz CT molecular complexity index is 838. The van der Waals surface area contributed by atoms with Crippen molar-refractivity contribution in [2.24, 2.45) is 10.9 Å². The number of nitrogens with two attached hydrogens (primary N) is 1. The maximum Gasteiger partial charge on any atom is 0.297 e. The van der Waals surface area contributed by atoms with Gasteiger partial charge in [-0.05, 0) is 30.3 Å². The molecular formula is C14H13ClN4O3S. The number of anilines is 1. The summed E-state index contributed by atoms with van der Waals surface area (Å²) < 4.78 is 25.0. The Hall–Kier alpha value is -2.42. The predicted molar refractivity (Wildman–Crippen MR) is 88.5 cm³/mol. The standard InChI is InChI=1S/C14H13ClN4O3S/c15-10-5-4-6-11(9-10)18-19-14(13(20)17-16)23(21,22)12-7-2-1-3-8-12/h1-9,18H,16H2,(H,17,20)/b19-14-. The number of sulfone groups is 1. The van der Waals surface area contributed by atoms with Gasteiger partial charge in [0.15, 0.2) is 0 Å². The molecule has 0 unspecified atom stereocenters. The molecule has 2 rings (SSSR count). The topological polar surface area (TPSA) is 114 Å². The van der Waals surface area contributed by atoms with Crippen LogP contribution in [0.1, 0.15) is 0 Å². The summed E-state index contributed by atoms with van der Waals surface area (Å²) in [5, 5.41) is 3.36. The molecule has 0 aromatic heterocycles. The van der Waals surface area contributed by atoms with E-state index in [2.05, 4.69) is 10.5 Å². The summed E-state index contributed by atoms with van der Waals surface area (Å²) in [6.07, 6.45) is 0. The van der Waals surface area contributed by atoms with Crippen molar-refractivity contribution >= 4 is 38.1 Å². The number of hydrogen-bond donors (Lipinski definition) is 3. The zero-order chi connectivity index (χ0) is 16.9. The van der Waals surface area contributed by atoms with Gasteiger partial charge < -0.3 is 0 Å². The third-order valence-electron chi connectivity index (χ3n) is 2.74. The highest BCUT2D eigenvalue weighted by molar-refractivity contribution is 8.08. The number of amides is 1. The summed E-state index contributed by atoms with van der Waals surface area (Å²) in [5.41, 5.74) is 4.68. The number of nitrogens with one attached hydrogen (secondary N) is 2. The molecule has 120 valence electrons. The first kappa shape index (κ1) is 16.9. The van der Waals surface area contributed by atoms with Crippen LogP contribution in [0.25, 0.3) is 0 Å². The van der Waals surface area contributed by atoms with Crippen molar-refractivity contribution in [3.8, 4) is 0 Å². The van der Waals surface area contributed by atoms with E-state index in [1.807, 2.05) is 0 Å². The van der Waals surface area contributed by atoms with E-state index in [-0.39, 0.29) is 4.90 Å². The Balaban J connectivity index is 2.41. The SMILES string of the molecule is NNC(=O)/C(=N/Nc1cccc(Cl)c1)S(=O)(=O)c1ccccc1. The van der Waals surface area contributed by atoms with E-state index in [9.17, 15) is 13.2 Å². The van der Waals surface area contributed by atoms with Gasteiger partial charge in [0.2, 0.25) is 14.9 Å². The minimum absolute atomic E-state index is 0.0738. The molecule has 0 atom stereocenters. The maximum absolute atomic E-state index is 12.5. The number of hydrogen-bond acceptors (Lipinski definition) is 6. The fourth-order valence-corrected chi connectivity index (χ4v) is 3.08. The molecule has 0 saturated heterocycles. The van der Waals surface area contributed by atoms with Crippen LogP contribution in [-0.2, 0) is 14.6 Å². The molecule has 23 heavy (non-hydrogen) atoms. The summed E-state index contributed by atoms with van der Waals surface area (Å²) in [5.74, 6) is 4.01. The summed E-state index contributed by atoms with van der Waals surface area (Å²) in [7, 11) is -4.13. The number of hydrazone groups is 1. The fraction of sp³-hybridized carbons (Fsp3) is 0.